The maximum absolute atomic E-state index is 13.1. The quantitative estimate of drug-likeness (QED) is 0.910. The number of benzene rings is 1. The summed E-state index contributed by atoms with van der Waals surface area (Å²) in [6.45, 7) is 8.28. The summed E-state index contributed by atoms with van der Waals surface area (Å²) < 4.78 is 13.1. The lowest BCUT2D eigenvalue weighted by Crippen LogP contribution is -2.20. The van der Waals surface area contributed by atoms with Crippen LogP contribution >= 0.6 is 11.8 Å². The first kappa shape index (κ1) is 14.4. The highest BCUT2D eigenvalue weighted by Crippen LogP contribution is 2.31. The number of hydrogen-bond acceptors (Lipinski definition) is 3. The van der Waals surface area contributed by atoms with E-state index in [0.717, 1.165) is 23.7 Å². The third-order valence-electron chi connectivity index (χ3n) is 2.89. The Hall–Kier alpha value is -1.03. The van der Waals surface area contributed by atoms with E-state index in [0.29, 0.717) is 17.2 Å². The molecule has 104 valence electrons. The SMILES string of the molecule is CC(C)(C)CC1CN=C(NCc2cccc(F)c2)S1. The summed E-state index contributed by atoms with van der Waals surface area (Å²) in [5.74, 6) is -0.189. The number of rotatable bonds is 3. The van der Waals surface area contributed by atoms with Crippen molar-refractivity contribution in [3.8, 4) is 0 Å². The number of aliphatic imine (C=N–C) groups is 1. The van der Waals surface area contributed by atoms with Gasteiger partial charge in [0.15, 0.2) is 5.17 Å². The largest absolute Gasteiger partial charge is 0.361 e. The van der Waals surface area contributed by atoms with Gasteiger partial charge in [0.1, 0.15) is 5.82 Å². The molecule has 1 unspecified atom stereocenters. The second kappa shape index (κ2) is 5.95. The monoisotopic (exact) mass is 280 g/mol. The molecule has 0 amide bonds. The van der Waals surface area contributed by atoms with Gasteiger partial charge in [0.25, 0.3) is 0 Å². The van der Waals surface area contributed by atoms with Gasteiger partial charge < -0.3 is 5.32 Å². The van der Waals surface area contributed by atoms with Gasteiger partial charge in [-0.05, 0) is 29.5 Å². The van der Waals surface area contributed by atoms with Crippen LogP contribution in [0.15, 0.2) is 29.3 Å². The summed E-state index contributed by atoms with van der Waals surface area (Å²) in [5, 5.41) is 4.84. The molecule has 1 atom stereocenters. The molecule has 19 heavy (non-hydrogen) atoms. The van der Waals surface area contributed by atoms with E-state index in [4.69, 9.17) is 0 Å². The number of hydrogen-bond donors (Lipinski definition) is 1. The van der Waals surface area contributed by atoms with Crippen molar-refractivity contribution in [2.45, 2.75) is 39.0 Å². The molecule has 0 saturated carbocycles. The highest BCUT2D eigenvalue weighted by Gasteiger charge is 2.24. The molecule has 0 spiro atoms. The van der Waals surface area contributed by atoms with E-state index in [2.05, 4.69) is 31.1 Å². The standard InChI is InChI=1S/C15H21FN2S/c1-15(2,3)8-13-10-18-14(19-13)17-9-11-5-4-6-12(16)7-11/h4-7,13H,8-10H2,1-3H3,(H,17,18). The molecule has 4 heteroatoms. The molecule has 0 saturated heterocycles. The first-order chi connectivity index (χ1) is 8.92. The van der Waals surface area contributed by atoms with Gasteiger partial charge in [0.05, 0.1) is 6.54 Å². The van der Waals surface area contributed by atoms with Crippen molar-refractivity contribution in [3.63, 3.8) is 0 Å². The van der Waals surface area contributed by atoms with E-state index in [1.54, 1.807) is 23.9 Å². The molecular formula is C15H21FN2S. The first-order valence-corrected chi connectivity index (χ1v) is 7.50. The lowest BCUT2D eigenvalue weighted by molar-refractivity contribution is 0.375. The highest BCUT2D eigenvalue weighted by molar-refractivity contribution is 8.14. The molecule has 2 nitrogen and oxygen atoms in total. The van der Waals surface area contributed by atoms with Gasteiger partial charge in [0, 0.05) is 11.8 Å². The van der Waals surface area contributed by atoms with Gasteiger partial charge in [0.2, 0.25) is 0 Å². The van der Waals surface area contributed by atoms with Crippen LogP contribution in [0.2, 0.25) is 0 Å². The minimum absolute atomic E-state index is 0.189. The average molecular weight is 280 g/mol. The van der Waals surface area contributed by atoms with E-state index in [9.17, 15) is 4.39 Å². The molecule has 0 aliphatic carbocycles. The van der Waals surface area contributed by atoms with Crippen molar-refractivity contribution in [1.82, 2.24) is 5.32 Å². The predicted octanol–water partition coefficient (Wildman–Crippen LogP) is 3.82. The van der Waals surface area contributed by atoms with Crippen molar-refractivity contribution in [2.24, 2.45) is 10.4 Å². The third-order valence-corrected chi connectivity index (χ3v) is 4.04. The van der Waals surface area contributed by atoms with Crippen molar-refractivity contribution in [1.29, 1.82) is 0 Å². The number of nitrogens with zero attached hydrogens (tertiary/aromatic N) is 1. The molecule has 1 aliphatic heterocycles. The van der Waals surface area contributed by atoms with Crippen LogP contribution in [-0.4, -0.2) is 17.0 Å². The van der Waals surface area contributed by atoms with Crippen LogP contribution in [0, 0.1) is 11.2 Å². The normalized spacial score (nSPS) is 19.4. The van der Waals surface area contributed by atoms with Crippen molar-refractivity contribution >= 4 is 16.9 Å². The first-order valence-electron chi connectivity index (χ1n) is 6.62. The zero-order valence-electron chi connectivity index (χ0n) is 11.7. The maximum Gasteiger partial charge on any atom is 0.157 e. The van der Waals surface area contributed by atoms with Crippen molar-refractivity contribution in [3.05, 3.63) is 35.6 Å². The Morgan fingerprint density at radius 3 is 2.89 bits per heavy atom. The fraction of sp³-hybridized carbons (Fsp3) is 0.533. The number of halogens is 1. The summed E-state index contributed by atoms with van der Waals surface area (Å²) in [5.41, 5.74) is 1.29. The summed E-state index contributed by atoms with van der Waals surface area (Å²) in [4.78, 5) is 4.51. The van der Waals surface area contributed by atoms with Crippen LogP contribution in [0.25, 0.3) is 0 Å². The minimum atomic E-state index is -0.189. The van der Waals surface area contributed by atoms with Gasteiger partial charge in [-0.2, -0.15) is 0 Å². The van der Waals surface area contributed by atoms with Gasteiger partial charge in [-0.1, -0.05) is 44.7 Å². The Labute approximate surface area is 118 Å². The Morgan fingerprint density at radius 2 is 2.21 bits per heavy atom. The average Bonchev–Trinajstić information content (AvgIpc) is 2.72. The molecule has 2 rings (SSSR count). The molecular weight excluding hydrogens is 259 g/mol. The number of thioether (sulfide) groups is 1. The summed E-state index contributed by atoms with van der Waals surface area (Å²) in [7, 11) is 0. The Balaban J connectivity index is 1.79. The van der Waals surface area contributed by atoms with E-state index >= 15 is 0 Å². The van der Waals surface area contributed by atoms with E-state index in [1.807, 2.05) is 6.07 Å². The zero-order valence-corrected chi connectivity index (χ0v) is 12.6. The summed E-state index contributed by atoms with van der Waals surface area (Å²) >= 11 is 1.81. The fourth-order valence-electron chi connectivity index (χ4n) is 2.13. The molecule has 1 aromatic rings. The Kier molecular flexibility index (Phi) is 4.50. The predicted molar refractivity (Wildman–Crippen MR) is 81.0 cm³/mol. The van der Waals surface area contributed by atoms with Crippen LogP contribution in [0.5, 0.6) is 0 Å². The molecule has 1 aliphatic rings. The van der Waals surface area contributed by atoms with Crippen LogP contribution in [0.1, 0.15) is 32.8 Å². The smallest absolute Gasteiger partial charge is 0.157 e. The van der Waals surface area contributed by atoms with Crippen LogP contribution in [-0.2, 0) is 6.54 Å². The molecule has 1 heterocycles. The fourth-order valence-corrected chi connectivity index (χ4v) is 3.48. The Bertz CT molecular complexity index is 465. The second-order valence-corrected chi connectivity index (χ2v) is 7.42. The highest BCUT2D eigenvalue weighted by atomic mass is 32.2. The second-order valence-electron chi connectivity index (χ2n) is 6.13. The molecule has 0 fully saturated rings. The zero-order chi connectivity index (χ0) is 13.9. The number of nitrogens with one attached hydrogen (secondary N) is 1. The van der Waals surface area contributed by atoms with Crippen LogP contribution in [0.3, 0.4) is 0 Å². The Morgan fingerprint density at radius 1 is 1.42 bits per heavy atom. The third kappa shape index (κ3) is 4.86. The molecule has 1 N–H and O–H groups in total. The molecule has 0 radical (unpaired) electrons. The van der Waals surface area contributed by atoms with E-state index in [-0.39, 0.29) is 5.82 Å². The summed E-state index contributed by atoms with van der Waals surface area (Å²) in [6, 6.07) is 6.67. The van der Waals surface area contributed by atoms with Gasteiger partial charge >= 0.3 is 0 Å². The topological polar surface area (TPSA) is 24.4 Å². The van der Waals surface area contributed by atoms with Gasteiger partial charge in [-0.25, -0.2) is 4.39 Å². The molecule has 0 aromatic heterocycles. The minimum Gasteiger partial charge on any atom is -0.361 e. The number of amidine groups is 1. The maximum atomic E-state index is 13.1. The lowest BCUT2D eigenvalue weighted by atomic mass is 9.90. The molecule has 0 bridgehead atoms. The van der Waals surface area contributed by atoms with Gasteiger partial charge in [-0.15, -0.1) is 0 Å². The summed E-state index contributed by atoms with van der Waals surface area (Å²) in [6.07, 6.45) is 1.16. The van der Waals surface area contributed by atoms with Crippen LogP contribution < -0.4 is 5.32 Å². The lowest BCUT2D eigenvalue weighted by Gasteiger charge is -2.21. The van der Waals surface area contributed by atoms with Crippen molar-refractivity contribution in [2.75, 3.05) is 6.54 Å². The van der Waals surface area contributed by atoms with Gasteiger partial charge in [-0.3, -0.25) is 4.99 Å². The van der Waals surface area contributed by atoms with E-state index < -0.39 is 0 Å². The van der Waals surface area contributed by atoms with E-state index in [1.165, 1.54) is 6.07 Å². The van der Waals surface area contributed by atoms with Crippen LogP contribution in [0.4, 0.5) is 4.39 Å². The molecule has 1 aromatic carbocycles. The van der Waals surface area contributed by atoms with Crippen molar-refractivity contribution < 1.29 is 4.39 Å².